The van der Waals surface area contributed by atoms with Crippen LogP contribution in [-0.4, -0.2) is 14.3 Å². The van der Waals surface area contributed by atoms with E-state index in [0.717, 1.165) is 0 Å². The van der Waals surface area contributed by atoms with Crippen molar-refractivity contribution in [2.45, 2.75) is 4.90 Å². The molecule has 0 aliphatic carbocycles. The molecule has 0 aromatic heterocycles. The van der Waals surface area contributed by atoms with Crippen molar-refractivity contribution in [2.24, 2.45) is 4.40 Å². The molecule has 3 rings (SSSR count). The van der Waals surface area contributed by atoms with E-state index in [4.69, 9.17) is 5.26 Å². The van der Waals surface area contributed by atoms with Gasteiger partial charge >= 0.3 is 0 Å². The van der Waals surface area contributed by atoms with Gasteiger partial charge in [-0.3, -0.25) is 0 Å². The topological polar surface area (TPSA) is 82.3 Å². The predicted octanol–water partition coefficient (Wildman–Crippen LogP) is 2.12. The van der Waals surface area contributed by atoms with Gasteiger partial charge in [0.25, 0.3) is 10.0 Å². The highest BCUT2D eigenvalue weighted by molar-refractivity contribution is 7.90. The molecule has 1 heterocycles. The molecular weight excluding hydrogens is 274 g/mol. The minimum Gasteiger partial charge on any atom is -0.339 e. The molecule has 0 saturated carbocycles. The van der Waals surface area contributed by atoms with Crippen molar-refractivity contribution in [3.63, 3.8) is 0 Å². The number of nitrogens with one attached hydrogen (secondary N) is 1. The van der Waals surface area contributed by atoms with E-state index >= 15 is 0 Å². The van der Waals surface area contributed by atoms with Crippen molar-refractivity contribution >= 4 is 21.5 Å². The van der Waals surface area contributed by atoms with Crippen LogP contribution in [0.5, 0.6) is 0 Å². The summed E-state index contributed by atoms with van der Waals surface area (Å²) in [5.74, 6) is 0.274. The number of amidine groups is 1. The molecule has 20 heavy (non-hydrogen) atoms. The number of anilines is 1. The average molecular weight is 283 g/mol. The number of benzene rings is 2. The summed E-state index contributed by atoms with van der Waals surface area (Å²) >= 11 is 0. The van der Waals surface area contributed by atoms with Crippen LogP contribution in [0, 0.1) is 11.3 Å². The average Bonchev–Trinajstić information content (AvgIpc) is 2.71. The quantitative estimate of drug-likeness (QED) is 0.869. The lowest BCUT2D eigenvalue weighted by Gasteiger charge is -2.06. The number of nitrogens with zero attached hydrogens (tertiary/aromatic N) is 2. The smallest absolute Gasteiger partial charge is 0.285 e. The number of fused-ring (bicyclic) bond motifs is 1. The second kappa shape index (κ2) is 4.47. The zero-order valence-corrected chi connectivity index (χ0v) is 11.1. The minimum absolute atomic E-state index is 0.193. The third kappa shape index (κ3) is 2.04. The Bertz CT molecular complexity index is 864. The largest absolute Gasteiger partial charge is 0.339 e. The fourth-order valence-electron chi connectivity index (χ4n) is 2.00. The van der Waals surface area contributed by atoms with Crippen LogP contribution in [0.1, 0.15) is 11.1 Å². The Hall–Kier alpha value is -2.65. The molecular formula is C14H9N3O2S. The Morgan fingerprint density at radius 3 is 2.70 bits per heavy atom. The van der Waals surface area contributed by atoms with E-state index in [1.165, 1.54) is 6.07 Å². The first-order valence-electron chi connectivity index (χ1n) is 5.82. The summed E-state index contributed by atoms with van der Waals surface area (Å²) in [4.78, 5) is 0.193. The zero-order valence-electron chi connectivity index (χ0n) is 10.2. The monoisotopic (exact) mass is 283 g/mol. The SMILES string of the molecule is N#Cc1cccc(NC2=NS(=O)(=O)c3ccccc32)c1. The van der Waals surface area contributed by atoms with Gasteiger partial charge in [-0.05, 0) is 30.3 Å². The summed E-state index contributed by atoms with van der Waals surface area (Å²) in [5.41, 5.74) is 1.65. The molecule has 0 bridgehead atoms. The van der Waals surface area contributed by atoms with Crippen molar-refractivity contribution in [1.29, 1.82) is 5.26 Å². The molecule has 1 aliphatic heterocycles. The summed E-state index contributed by atoms with van der Waals surface area (Å²) < 4.78 is 27.5. The van der Waals surface area contributed by atoms with Crippen LogP contribution < -0.4 is 5.32 Å². The van der Waals surface area contributed by atoms with Gasteiger partial charge in [0.2, 0.25) is 0 Å². The molecule has 1 aliphatic rings. The Balaban J connectivity index is 2.03. The normalized spacial score (nSPS) is 15.1. The number of hydrogen-bond donors (Lipinski definition) is 1. The molecule has 0 saturated heterocycles. The molecule has 0 atom stereocenters. The van der Waals surface area contributed by atoms with E-state index in [1.54, 1.807) is 42.5 Å². The molecule has 6 heteroatoms. The van der Waals surface area contributed by atoms with Crippen LogP contribution in [0.2, 0.25) is 0 Å². The molecule has 5 nitrogen and oxygen atoms in total. The Morgan fingerprint density at radius 1 is 1.10 bits per heavy atom. The highest BCUT2D eigenvalue weighted by Crippen LogP contribution is 2.26. The van der Waals surface area contributed by atoms with Gasteiger partial charge in [0.15, 0.2) is 5.84 Å². The number of nitriles is 1. The van der Waals surface area contributed by atoms with Gasteiger partial charge in [-0.15, -0.1) is 4.40 Å². The molecule has 0 amide bonds. The van der Waals surface area contributed by atoms with Crippen LogP contribution in [0.3, 0.4) is 0 Å². The van der Waals surface area contributed by atoms with Crippen LogP contribution in [0.25, 0.3) is 0 Å². The molecule has 0 fully saturated rings. The standard InChI is InChI=1S/C14H9N3O2S/c15-9-10-4-3-5-11(8-10)16-14-12-6-1-2-7-13(12)20(18,19)17-14/h1-8H,(H,16,17). The second-order valence-electron chi connectivity index (χ2n) is 4.23. The summed E-state index contributed by atoms with van der Waals surface area (Å²) in [6.45, 7) is 0. The van der Waals surface area contributed by atoms with E-state index in [9.17, 15) is 8.42 Å². The lowest BCUT2D eigenvalue weighted by molar-refractivity contribution is 0.599. The molecule has 2 aromatic carbocycles. The van der Waals surface area contributed by atoms with Gasteiger partial charge < -0.3 is 5.32 Å². The number of hydrogen-bond acceptors (Lipinski definition) is 4. The molecule has 1 N–H and O–H groups in total. The third-order valence-corrected chi connectivity index (χ3v) is 4.22. The summed E-state index contributed by atoms with van der Waals surface area (Å²) in [6, 6.07) is 15.4. The fourth-order valence-corrected chi connectivity index (χ4v) is 3.17. The van der Waals surface area contributed by atoms with E-state index < -0.39 is 10.0 Å². The molecule has 0 unspecified atom stereocenters. The minimum atomic E-state index is -3.63. The summed E-state index contributed by atoms with van der Waals surface area (Å²) in [6.07, 6.45) is 0. The predicted molar refractivity (Wildman–Crippen MR) is 74.9 cm³/mol. The van der Waals surface area contributed by atoms with Gasteiger partial charge in [-0.25, -0.2) is 0 Å². The van der Waals surface area contributed by atoms with Crippen LogP contribution in [0.4, 0.5) is 5.69 Å². The Morgan fingerprint density at radius 2 is 1.90 bits per heavy atom. The molecule has 98 valence electrons. The van der Waals surface area contributed by atoms with Gasteiger partial charge in [-0.1, -0.05) is 18.2 Å². The fraction of sp³-hybridized carbons (Fsp3) is 0. The zero-order chi connectivity index (χ0) is 14.2. The van der Waals surface area contributed by atoms with E-state index in [0.29, 0.717) is 16.8 Å². The van der Waals surface area contributed by atoms with Gasteiger partial charge in [0.1, 0.15) is 4.90 Å². The van der Waals surface area contributed by atoms with Crippen molar-refractivity contribution in [3.8, 4) is 6.07 Å². The number of sulfonamides is 1. The van der Waals surface area contributed by atoms with Crippen molar-refractivity contribution in [3.05, 3.63) is 59.7 Å². The van der Waals surface area contributed by atoms with E-state index in [1.807, 2.05) is 6.07 Å². The number of rotatable bonds is 1. The second-order valence-corrected chi connectivity index (χ2v) is 5.80. The summed E-state index contributed by atoms with van der Waals surface area (Å²) in [5, 5.41) is 11.8. The van der Waals surface area contributed by atoms with Crippen LogP contribution >= 0.6 is 0 Å². The third-order valence-electron chi connectivity index (χ3n) is 2.89. The Labute approximate surface area is 116 Å². The molecule has 0 spiro atoms. The molecule has 2 aromatic rings. The maximum atomic E-state index is 11.9. The van der Waals surface area contributed by atoms with Gasteiger partial charge in [0, 0.05) is 11.3 Å². The highest BCUT2D eigenvalue weighted by atomic mass is 32.2. The first-order valence-corrected chi connectivity index (χ1v) is 7.26. The van der Waals surface area contributed by atoms with Gasteiger partial charge in [-0.2, -0.15) is 13.7 Å². The van der Waals surface area contributed by atoms with Crippen molar-refractivity contribution < 1.29 is 8.42 Å². The maximum absolute atomic E-state index is 11.9. The lowest BCUT2D eigenvalue weighted by atomic mass is 10.2. The van der Waals surface area contributed by atoms with E-state index in [2.05, 4.69) is 9.71 Å². The lowest BCUT2D eigenvalue weighted by Crippen LogP contribution is -2.11. The highest BCUT2D eigenvalue weighted by Gasteiger charge is 2.28. The van der Waals surface area contributed by atoms with Crippen molar-refractivity contribution in [2.75, 3.05) is 5.32 Å². The van der Waals surface area contributed by atoms with E-state index in [-0.39, 0.29) is 10.7 Å². The molecule has 0 radical (unpaired) electrons. The maximum Gasteiger partial charge on any atom is 0.285 e. The first-order chi connectivity index (χ1) is 9.60. The van der Waals surface area contributed by atoms with Crippen LogP contribution in [-0.2, 0) is 10.0 Å². The first kappa shape index (κ1) is 12.4. The van der Waals surface area contributed by atoms with Gasteiger partial charge in [0.05, 0.1) is 11.6 Å². The summed E-state index contributed by atoms with van der Waals surface area (Å²) in [7, 11) is -3.63. The van der Waals surface area contributed by atoms with Crippen molar-refractivity contribution in [1.82, 2.24) is 0 Å². The Kier molecular flexibility index (Phi) is 2.77. The van der Waals surface area contributed by atoms with Crippen LogP contribution in [0.15, 0.2) is 57.8 Å².